The van der Waals surface area contributed by atoms with Crippen LogP contribution in [0, 0.1) is 0 Å². The highest BCUT2D eigenvalue weighted by Gasteiger charge is 2.19. The van der Waals surface area contributed by atoms with Crippen LogP contribution in [0.5, 0.6) is 0 Å². The van der Waals surface area contributed by atoms with E-state index in [1.807, 2.05) is 31.3 Å². The molecule has 4 nitrogen and oxygen atoms in total. The third-order valence-corrected chi connectivity index (χ3v) is 5.02. The maximum absolute atomic E-state index is 12.4. The van der Waals surface area contributed by atoms with E-state index in [4.69, 9.17) is 0 Å². The molecule has 0 bridgehead atoms. The summed E-state index contributed by atoms with van der Waals surface area (Å²) in [5.74, 6) is 0.205. The molecule has 1 aliphatic rings. The Morgan fingerprint density at radius 2 is 1.96 bits per heavy atom. The van der Waals surface area contributed by atoms with Crippen molar-refractivity contribution in [2.24, 2.45) is 0 Å². The molecule has 3 rings (SSSR count). The Balaban J connectivity index is 1.52. The molecular formula is C20H27N3O. The van der Waals surface area contributed by atoms with Crippen molar-refractivity contribution in [2.45, 2.75) is 45.2 Å². The van der Waals surface area contributed by atoms with Crippen LogP contribution in [0.25, 0.3) is 10.9 Å². The molecule has 4 heteroatoms. The number of carbonyl (C=O) groups is 1. The largest absolute Gasteiger partial charge is 0.340 e. The van der Waals surface area contributed by atoms with Crippen LogP contribution >= 0.6 is 0 Å². The summed E-state index contributed by atoms with van der Waals surface area (Å²) in [6, 6.07) is 12.7. The van der Waals surface area contributed by atoms with Crippen LogP contribution in [0.4, 0.5) is 0 Å². The number of pyridine rings is 1. The monoisotopic (exact) mass is 325 g/mol. The number of likely N-dealkylation sites (tertiary alicyclic amines) is 1. The molecule has 0 radical (unpaired) electrons. The first-order valence-corrected chi connectivity index (χ1v) is 8.96. The molecule has 24 heavy (non-hydrogen) atoms. The van der Waals surface area contributed by atoms with Gasteiger partial charge < -0.3 is 9.80 Å². The second-order valence-corrected chi connectivity index (χ2v) is 6.88. The minimum absolute atomic E-state index is 0.205. The standard InChI is InChI=1S/C20H27N3O/c1-16(23-13-5-6-14-23)9-12-20(24)22(2)15-18-11-10-17-7-3-4-8-19(17)21-18/h3-4,7-8,10-11,16H,5-6,9,12-15H2,1-2H3. The molecular weight excluding hydrogens is 298 g/mol. The van der Waals surface area contributed by atoms with Crippen LogP contribution in [0.1, 0.15) is 38.3 Å². The summed E-state index contributed by atoms with van der Waals surface area (Å²) in [5, 5.41) is 1.13. The lowest BCUT2D eigenvalue weighted by atomic mass is 10.1. The molecule has 0 spiro atoms. The summed E-state index contributed by atoms with van der Waals surface area (Å²) < 4.78 is 0. The van der Waals surface area contributed by atoms with E-state index in [9.17, 15) is 4.79 Å². The molecule has 1 aromatic carbocycles. The van der Waals surface area contributed by atoms with Crippen LogP contribution in [-0.2, 0) is 11.3 Å². The lowest BCUT2D eigenvalue weighted by Crippen LogP contribution is -2.32. The van der Waals surface area contributed by atoms with Gasteiger partial charge in [0.05, 0.1) is 17.8 Å². The van der Waals surface area contributed by atoms with Crippen LogP contribution in [0.15, 0.2) is 36.4 Å². The van der Waals surface area contributed by atoms with E-state index in [1.165, 1.54) is 25.9 Å². The summed E-state index contributed by atoms with van der Waals surface area (Å²) in [5.41, 5.74) is 1.93. The van der Waals surface area contributed by atoms with E-state index in [-0.39, 0.29) is 5.91 Å². The summed E-state index contributed by atoms with van der Waals surface area (Å²) in [6.07, 6.45) is 4.15. The third-order valence-electron chi connectivity index (χ3n) is 5.02. The molecule has 0 N–H and O–H groups in total. The van der Waals surface area contributed by atoms with E-state index < -0.39 is 0 Å². The number of hydrogen-bond donors (Lipinski definition) is 0. The van der Waals surface area contributed by atoms with Gasteiger partial charge in [0.2, 0.25) is 5.91 Å². The number of benzene rings is 1. The second-order valence-electron chi connectivity index (χ2n) is 6.88. The van der Waals surface area contributed by atoms with Gasteiger partial charge in [-0.2, -0.15) is 0 Å². The SMILES string of the molecule is CC(CCC(=O)N(C)Cc1ccc2ccccc2n1)N1CCCC1. The molecule has 0 saturated carbocycles. The van der Waals surface area contributed by atoms with Gasteiger partial charge in [0.25, 0.3) is 0 Å². The van der Waals surface area contributed by atoms with Crippen molar-refractivity contribution < 1.29 is 4.79 Å². The minimum atomic E-state index is 0.205. The Morgan fingerprint density at radius 1 is 1.21 bits per heavy atom. The van der Waals surface area contributed by atoms with E-state index in [0.717, 1.165) is 23.0 Å². The van der Waals surface area contributed by atoms with Gasteiger partial charge in [-0.05, 0) is 51.4 Å². The number of para-hydroxylation sites is 1. The molecule has 1 fully saturated rings. The first-order valence-electron chi connectivity index (χ1n) is 8.96. The van der Waals surface area contributed by atoms with Gasteiger partial charge in [0.15, 0.2) is 0 Å². The molecule has 1 amide bonds. The lowest BCUT2D eigenvalue weighted by Gasteiger charge is -2.24. The van der Waals surface area contributed by atoms with Crippen LogP contribution in [0.3, 0.4) is 0 Å². The predicted molar refractivity (Wildman–Crippen MR) is 97.7 cm³/mol. The number of amides is 1. The van der Waals surface area contributed by atoms with Gasteiger partial charge in [-0.3, -0.25) is 9.78 Å². The van der Waals surface area contributed by atoms with Gasteiger partial charge in [-0.25, -0.2) is 0 Å². The van der Waals surface area contributed by atoms with Crippen molar-refractivity contribution >= 4 is 16.8 Å². The molecule has 2 aromatic rings. The number of rotatable bonds is 6. The normalized spacial score (nSPS) is 16.4. The maximum Gasteiger partial charge on any atom is 0.222 e. The fourth-order valence-electron chi connectivity index (χ4n) is 3.42. The molecule has 1 aliphatic heterocycles. The maximum atomic E-state index is 12.4. The molecule has 1 atom stereocenters. The van der Waals surface area contributed by atoms with Crippen molar-refractivity contribution in [3.8, 4) is 0 Å². The quantitative estimate of drug-likeness (QED) is 0.816. The molecule has 1 unspecified atom stereocenters. The van der Waals surface area contributed by atoms with E-state index >= 15 is 0 Å². The molecule has 0 aliphatic carbocycles. The van der Waals surface area contributed by atoms with Gasteiger partial charge in [0.1, 0.15) is 0 Å². The topological polar surface area (TPSA) is 36.4 Å². The highest BCUT2D eigenvalue weighted by molar-refractivity contribution is 5.79. The van der Waals surface area contributed by atoms with Crippen LogP contribution < -0.4 is 0 Å². The summed E-state index contributed by atoms with van der Waals surface area (Å²) in [4.78, 5) is 21.4. The number of aromatic nitrogens is 1. The Morgan fingerprint density at radius 3 is 2.75 bits per heavy atom. The minimum Gasteiger partial charge on any atom is -0.340 e. The summed E-state index contributed by atoms with van der Waals surface area (Å²) in [6.45, 7) is 5.18. The fraction of sp³-hybridized carbons (Fsp3) is 0.500. The molecule has 1 saturated heterocycles. The van der Waals surface area contributed by atoms with Crippen molar-refractivity contribution in [3.05, 3.63) is 42.1 Å². The van der Waals surface area contributed by atoms with Crippen molar-refractivity contribution in [1.29, 1.82) is 0 Å². The van der Waals surface area contributed by atoms with Crippen molar-refractivity contribution in [1.82, 2.24) is 14.8 Å². The van der Waals surface area contributed by atoms with Crippen molar-refractivity contribution in [3.63, 3.8) is 0 Å². The van der Waals surface area contributed by atoms with Gasteiger partial charge >= 0.3 is 0 Å². The van der Waals surface area contributed by atoms with Crippen LogP contribution in [0.2, 0.25) is 0 Å². The average Bonchev–Trinajstić information content (AvgIpc) is 3.14. The first kappa shape index (κ1) is 16.9. The van der Waals surface area contributed by atoms with Gasteiger partial charge in [-0.1, -0.05) is 24.3 Å². The number of nitrogens with zero attached hydrogens (tertiary/aromatic N) is 3. The zero-order valence-corrected chi connectivity index (χ0v) is 14.7. The number of hydrogen-bond acceptors (Lipinski definition) is 3. The number of carbonyl (C=O) groups excluding carboxylic acids is 1. The van der Waals surface area contributed by atoms with E-state index in [2.05, 4.69) is 28.9 Å². The zero-order valence-electron chi connectivity index (χ0n) is 14.7. The fourth-order valence-corrected chi connectivity index (χ4v) is 3.42. The first-order chi connectivity index (χ1) is 11.6. The lowest BCUT2D eigenvalue weighted by molar-refractivity contribution is -0.130. The smallest absolute Gasteiger partial charge is 0.222 e. The second kappa shape index (κ2) is 7.75. The molecule has 2 heterocycles. The highest BCUT2D eigenvalue weighted by Crippen LogP contribution is 2.16. The van der Waals surface area contributed by atoms with Crippen molar-refractivity contribution in [2.75, 3.05) is 20.1 Å². The average molecular weight is 325 g/mol. The predicted octanol–water partition coefficient (Wildman–Crippen LogP) is 3.46. The van der Waals surface area contributed by atoms with Gasteiger partial charge in [0, 0.05) is 24.9 Å². The Kier molecular flexibility index (Phi) is 5.46. The van der Waals surface area contributed by atoms with E-state index in [0.29, 0.717) is 19.0 Å². The number of fused-ring (bicyclic) bond motifs is 1. The van der Waals surface area contributed by atoms with Crippen LogP contribution in [-0.4, -0.2) is 46.9 Å². The third kappa shape index (κ3) is 4.12. The summed E-state index contributed by atoms with van der Waals surface area (Å²) in [7, 11) is 1.87. The summed E-state index contributed by atoms with van der Waals surface area (Å²) >= 11 is 0. The van der Waals surface area contributed by atoms with Gasteiger partial charge in [-0.15, -0.1) is 0 Å². The Labute approximate surface area is 144 Å². The van der Waals surface area contributed by atoms with E-state index in [1.54, 1.807) is 4.90 Å². The highest BCUT2D eigenvalue weighted by atomic mass is 16.2. The Bertz CT molecular complexity index is 694. The Hall–Kier alpha value is -1.94. The molecule has 128 valence electrons. The zero-order chi connectivity index (χ0) is 16.9. The molecule has 1 aromatic heterocycles.